The van der Waals surface area contributed by atoms with Crippen molar-refractivity contribution >= 4 is 12.1 Å². The number of hydrogen-bond donors (Lipinski definition) is 1. The number of amides is 1. The summed E-state index contributed by atoms with van der Waals surface area (Å²) >= 11 is 0. The Balaban J connectivity index is 1.90. The molecular weight excluding hydrogens is 366 g/mol. The molecule has 1 fully saturated rings. The van der Waals surface area contributed by atoms with Crippen molar-refractivity contribution in [2.24, 2.45) is 0 Å². The van der Waals surface area contributed by atoms with Gasteiger partial charge in [0.1, 0.15) is 11.6 Å². The van der Waals surface area contributed by atoms with Crippen LogP contribution in [-0.2, 0) is 27.1 Å². The van der Waals surface area contributed by atoms with Crippen LogP contribution in [-0.4, -0.2) is 30.8 Å². The van der Waals surface area contributed by atoms with Crippen molar-refractivity contribution in [3.8, 4) is 0 Å². The number of methoxy groups -OCH3 is 1. The van der Waals surface area contributed by atoms with Crippen LogP contribution >= 0.6 is 0 Å². The number of nitrogens with one attached hydrogen (secondary N) is 1. The van der Waals surface area contributed by atoms with E-state index in [9.17, 15) is 9.59 Å². The predicted molar refractivity (Wildman–Crippen MR) is 115 cm³/mol. The Labute approximate surface area is 174 Å². The summed E-state index contributed by atoms with van der Waals surface area (Å²) in [5, 5.41) is 2.61. The minimum absolute atomic E-state index is 0.357. The molecule has 1 aliphatic carbocycles. The van der Waals surface area contributed by atoms with Gasteiger partial charge in [0, 0.05) is 6.42 Å². The predicted octanol–water partition coefficient (Wildman–Crippen LogP) is 5.12. The second-order valence-electron chi connectivity index (χ2n) is 8.70. The molecule has 0 saturated heterocycles. The molecule has 1 aliphatic rings. The van der Waals surface area contributed by atoms with Crippen LogP contribution in [0.1, 0.15) is 70.4 Å². The molecule has 5 nitrogen and oxygen atoms in total. The fraction of sp³-hybridized carbons (Fsp3) is 0.583. The molecule has 1 N–H and O–H groups in total. The smallest absolute Gasteiger partial charge is 0.408 e. The molecule has 0 heterocycles. The quantitative estimate of drug-likeness (QED) is 0.509. The Bertz CT molecular complexity index is 693. The second kappa shape index (κ2) is 11.0. The highest BCUT2D eigenvalue weighted by atomic mass is 16.6. The zero-order valence-corrected chi connectivity index (χ0v) is 18.3. The third-order valence-electron chi connectivity index (χ3n) is 5.00. The first-order valence-corrected chi connectivity index (χ1v) is 10.6. The molecule has 29 heavy (non-hydrogen) atoms. The van der Waals surface area contributed by atoms with E-state index in [1.807, 2.05) is 12.1 Å². The van der Waals surface area contributed by atoms with Gasteiger partial charge >= 0.3 is 12.1 Å². The normalized spacial score (nSPS) is 15.4. The van der Waals surface area contributed by atoms with Crippen LogP contribution in [0.15, 0.2) is 35.9 Å². The zero-order valence-electron chi connectivity index (χ0n) is 18.3. The fourth-order valence-corrected chi connectivity index (χ4v) is 3.52. The van der Waals surface area contributed by atoms with Crippen molar-refractivity contribution in [1.29, 1.82) is 0 Å². The van der Waals surface area contributed by atoms with Crippen molar-refractivity contribution in [1.82, 2.24) is 5.32 Å². The SMILES string of the molecule is COC(=O)[C@H](Cc1ccc(CCC=C2CCCCC2)cc1)NC(=O)OC(C)(C)C. The monoisotopic (exact) mass is 401 g/mol. The Morgan fingerprint density at radius 3 is 2.28 bits per heavy atom. The summed E-state index contributed by atoms with van der Waals surface area (Å²) in [5.74, 6) is -0.487. The summed E-state index contributed by atoms with van der Waals surface area (Å²) < 4.78 is 10.1. The van der Waals surface area contributed by atoms with Crippen LogP contribution in [0.3, 0.4) is 0 Å². The van der Waals surface area contributed by atoms with E-state index in [4.69, 9.17) is 9.47 Å². The molecule has 1 aromatic carbocycles. The first kappa shape index (κ1) is 23.0. The van der Waals surface area contributed by atoms with Crippen LogP contribution in [0.2, 0.25) is 0 Å². The Morgan fingerprint density at radius 1 is 1.07 bits per heavy atom. The molecule has 0 bridgehead atoms. The van der Waals surface area contributed by atoms with Crippen LogP contribution in [0.5, 0.6) is 0 Å². The van der Waals surface area contributed by atoms with Gasteiger partial charge in [-0.05, 0) is 70.4 Å². The van der Waals surface area contributed by atoms with Gasteiger partial charge in [-0.15, -0.1) is 0 Å². The number of benzene rings is 1. The van der Waals surface area contributed by atoms with Gasteiger partial charge in [-0.3, -0.25) is 0 Å². The minimum Gasteiger partial charge on any atom is -0.467 e. The summed E-state index contributed by atoms with van der Waals surface area (Å²) in [7, 11) is 1.32. The number of rotatable bonds is 7. The van der Waals surface area contributed by atoms with Gasteiger partial charge in [0.2, 0.25) is 0 Å². The Kier molecular flexibility index (Phi) is 8.74. The molecule has 1 amide bonds. The standard InChI is InChI=1S/C24H35NO4/c1-24(2,3)29-23(27)25-21(22(26)28-4)17-20-15-13-19(14-16-20)12-8-11-18-9-6-5-7-10-18/h11,13-16,21H,5-10,12,17H2,1-4H3,(H,25,27)/t21-/m0/s1. The van der Waals surface area contributed by atoms with Crippen LogP contribution in [0.25, 0.3) is 0 Å². The number of allylic oxidation sites excluding steroid dienone is 2. The number of alkyl carbamates (subject to hydrolysis) is 1. The van der Waals surface area contributed by atoms with Gasteiger partial charge in [0.15, 0.2) is 0 Å². The number of aryl methyl sites for hydroxylation is 1. The molecule has 1 saturated carbocycles. The average molecular weight is 402 g/mol. The maximum absolute atomic E-state index is 12.1. The molecule has 0 aliphatic heterocycles. The molecule has 0 unspecified atom stereocenters. The first-order valence-electron chi connectivity index (χ1n) is 10.6. The van der Waals surface area contributed by atoms with Crippen molar-refractivity contribution in [3.05, 3.63) is 47.0 Å². The van der Waals surface area contributed by atoms with E-state index in [0.29, 0.717) is 6.42 Å². The lowest BCUT2D eigenvalue weighted by atomic mass is 9.93. The van der Waals surface area contributed by atoms with Gasteiger partial charge < -0.3 is 14.8 Å². The first-order chi connectivity index (χ1) is 13.8. The van der Waals surface area contributed by atoms with Crippen LogP contribution in [0.4, 0.5) is 4.79 Å². The van der Waals surface area contributed by atoms with Crippen molar-refractivity contribution in [2.75, 3.05) is 7.11 Å². The summed E-state index contributed by atoms with van der Waals surface area (Å²) in [6.07, 6.45) is 10.8. The van der Waals surface area contributed by atoms with Gasteiger partial charge in [-0.2, -0.15) is 0 Å². The van der Waals surface area contributed by atoms with E-state index in [1.54, 1.807) is 26.3 Å². The zero-order chi connectivity index (χ0) is 21.3. The lowest BCUT2D eigenvalue weighted by Crippen LogP contribution is -2.45. The molecule has 0 radical (unpaired) electrons. The maximum atomic E-state index is 12.1. The van der Waals surface area contributed by atoms with Gasteiger partial charge in [-0.1, -0.05) is 42.3 Å². The van der Waals surface area contributed by atoms with Crippen molar-refractivity contribution in [3.63, 3.8) is 0 Å². The molecule has 1 atom stereocenters. The maximum Gasteiger partial charge on any atom is 0.408 e. The molecule has 0 aromatic heterocycles. The molecule has 2 rings (SSSR count). The third-order valence-corrected chi connectivity index (χ3v) is 5.00. The van der Waals surface area contributed by atoms with E-state index < -0.39 is 23.7 Å². The summed E-state index contributed by atoms with van der Waals surface area (Å²) in [4.78, 5) is 24.1. The Hall–Kier alpha value is -2.30. The number of carbonyl (C=O) groups excluding carboxylic acids is 2. The van der Waals surface area contributed by atoms with Gasteiger partial charge in [0.05, 0.1) is 7.11 Å². The molecule has 160 valence electrons. The van der Waals surface area contributed by atoms with E-state index in [0.717, 1.165) is 18.4 Å². The Morgan fingerprint density at radius 2 is 1.69 bits per heavy atom. The fourth-order valence-electron chi connectivity index (χ4n) is 3.52. The minimum atomic E-state index is -0.781. The highest BCUT2D eigenvalue weighted by Crippen LogP contribution is 2.23. The van der Waals surface area contributed by atoms with E-state index in [2.05, 4.69) is 23.5 Å². The highest BCUT2D eigenvalue weighted by molar-refractivity contribution is 5.81. The van der Waals surface area contributed by atoms with Crippen LogP contribution in [0, 0.1) is 0 Å². The lowest BCUT2D eigenvalue weighted by Gasteiger charge is -2.22. The molecular formula is C24H35NO4. The largest absolute Gasteiger partial charge is 0.467 e. The number of esters is 1. The number of hydrogen-bond acceptors (Lipinski definition) is 4. The lowest BCUT2D eigenvalue weighted by molar-refractivity contribution is -0.143. The third kappa shape index (κ3) is 8.71. The number of carbonyl (C=O) groups is 2. The molecule has 5 heteroatoms. The van der Waals surface area contributed by atoms with Crippen molar-refractivity contribution in [2.45, 2.75) is 83.8 Å². The molecule has 0 spiro atoms. The summed E-state index contributed by atoms with van der Waals surface area (Å²) in [5.41, 5.74) is 3.23. The van der Waals surface area contributed by atoms with E-state index in [-0.39, 0.29) is 0 Å². The summed E-state index contributed by atoms with van der Waals surface area (Å²) in [6, 6.07) is 7.43. The summed E-state index contributed by atoms with van der Waals surface area (Å²) in [6.45, 7) is 5.34. The second-order valence-corrected chi connectivity index (χ2v) is 8.70. The van der Waals surface area contributed by atoms with E-state index >= 15 is 0 Å². The highest BCUT2D eigenvalue weighted by Gasteiger charge is 2.25. The van der Waals surface area contributed by atoms with E-state index in [1.165, 1.54) is 44.8 Å². The van der Waals surface area contributed by atoms with Crippen LogP contribution < -0.4 is 5.32 Å². The molecule has 1 aromatic rings. The van der Waals surface area contributed by atoms with Gasteiger partial charge in [-0.25, -0.2) is 9.59 Å². The average Bonchev–Trinajstić information content (AvgIpc) is 2.67. The topological polar surface area (TPSA) is 64.6 Å². The number of ether oxygens (including phenoxy) is 2. The van der Waals surface area contributed by atoms with Gasteiger partial charge in [0.25, 0.3) is 0 Å². The van der Waals surface area contributed by atoms with Crippen molar-refractivity contribution < 1.29 is 19.1 Å².